The van der Waals surface area contributed by atoms with Gasteiger partial charge in [-0.3, -0.25) is 4.79 Å². The van der Waals surface area contributed by atoms with Crippen LogP contribution in [-0.2, 0) is 9.53 Å². The first-order valence-corrected chi connectivity index (χ1v) is 6.13. The van der Waals surface area contributed by atoms with Gasteiger partial charge in [0.2, 0.25) is 5.91 Å². The maximum atomic E-state index is 11.8. The molecule has 17 heavy (non-hydrogen) atoms. The maximum absolute atomic E-state index is 11.8. The molecule has 2 saturated heterocycles. The minimum Gasteiger partial charge on any atom is -0.369 e. The van der Waals surface area contributed by atoms with Gasteiger partial charge >= 0.3 is 6.03 Å². The highest BCUT2D eigenvalue weighted by Gasteiger charge is 2.27. The molecule has 0 radical (unpaired) electrons. The van der Waals surface area contributed by atoms with Crippen molar-refractivity contribution in [2.24, 2.45) is 11.7 Å². The summed E-state index contributed by atoms with van der Waals surface area (Å²) >= 11 is 0. The van der Waals surface area contributed by atoms with E-state index in [4.69, 9.17) is 10.5 Å². The van der Waals surface area contributed by atoms with Crippen LogP contribution in [0.25, 0.3) is 0 Å². The summed E-state index contributed by atoms with van der Waals surface area (Å²) in [6, 6.07) is -0.0974. The summed E-state index contributed by atoms with van der Waals surface area (Å²) in [5, 5.41) is 2.84. The topological polar surface area (TPSA) is 84.7 Å². The Morgan fingerprint density at radius 3 is 2.47 bits per heavy atom. The molecule has 96 valence electrons. The quantitative estimate of drug-likeness (QED) is 0.715. The predicted molar refractivity (Wildman–Crippen MR) is 61.0 cm³/mol. The molecule has 0 bridgehead atoms. The van der Waals surface area contributed by atoms with Crippen molar-refractivity contribution in [2.45, 2.75) is 31.9 Å². The Hall–Kier alpha value is -1.30. The Kier molecular flexibility index (Phi) is 3.83. The number of carbonyl (C=O) groups is 2. The third kappa shape index (κ3) is 3.09. The van der Waals surface area contributed by atoms with Gasteiger partial charge in [-0.25, -0.2) is 4.79 Å². The average Bonchev–Trinajstić information content (AvgIpc) is 2.82. The highest BCUT2D eigenvalue weighted by molar-refractivity contribution is 5.78. The number of nitrogens with two attached hydrogens (primary N) is 1. The fourth-order valence-electron chi connectivity index (χ4n) is 2.29. The number of carbonyl (C=O) groups excluding carboxylic acids is 2. The van der Waals surface area contributed by atoms with Crippen LogP contribution in [0.3, 0.4) is 0 Å². The Bertz CT molecular complexity index is 294. The molecule has 6 heteroatoms. The molecule has 2 fully saturated rings. The zero-order chi connectivity index (χ0) is 12.3. The largest absolute Gasteiger partial charge is 0.369 e. The van der Waals surface area contributed by atoms with Crippen molar-refractivity contribution in [1.29, 1.82) is 0 Å². The molecule has 1 atom stereocenters. The molecule has 2 aliphatic heterocycles. The van der Waals surface area contributed by atoms with Crippen molar-refractivity contribution in [3.05, 3.63) is 0 Å². The predicted octanol–water partition coefficient (Wildman–Crippen LogP) is 0.0298. The first kappa shape index (κ1) is 12.2. The van der Waals surface area contributed by atoms with Crippen LogP contribution in [0, 0.1) is 5.92 Å². The van der Waals surface area contributed by atoms with Gasteiger partial charge in [-0.1, -0.05) is 0 Å². The standard InChI is InChI=1S/C11H19N3O3/c12-10(15)8-3-5-14(6-4-8)11(16)13-9-2-1-7-17-9/h8-9H,1-7H2,(H2,12,15)(H,13,16). The lowest BCUT2D eigenvalue weighted by molar-refractivity contribution is -0.123. The maximum Gasteiger partial charge on any atom is 0.319 e. The van der Waals surface area contributed by atoms with Crippen LogP contribution in [0.2, 0.25) is 0 Å². The van der Waals surface area contributed by atoms with Gasteiger partial charge in [-0.15, -0.1) is 0 Å². The van der Waals surface area contributed by atoms with Crippen LogP contribution >= 0.6 is 0 Å². The summed E-state index contributed by atoms with van der Waals surface area (Å²) in [7, 11) is 0. The van der Waals surface area contributed by atoms with Gasteiger partial charge in [-0.2, -0.15) is 0 Å². The summed E-state index contributed by atoms with van der Waals surface area (Å²) in [5.74, 6) is -0.342. The van der Waals surface area contributed by atoms with Gasteiger partial charge in [0, 0.05) is 25.6 Å². The van der Waals surface area contributed by atoms with Gasteiger partial charge in [-0.05, 0) is 25.7 Å². The number of rotatable bonds is 2. The Balaban J connectivity index is 1.75. The summed E-state index contributed by atoms with van der Waals surface area (Å²) in [4.78, 5) is 24.6. The molecule has 1 unspecified atom stereocenters. The number of amides is 3. The number of piperidine rings is 1. The normalized spacial score (nSPS) is 25.9. The molecule has 0 aliphatic carbocycles. The van der Waals surface area contributed by atoms with Gasteiger partial charge in [0.1, 0.15) is 6.23 Å². The van der Waals surface area contributed by atoms with Gasteiger partial charge in [0.15, 0.2) is 0 Å². The molecule has 6 nitrogen and oxygen atoms in total. The smallest absolute Gasteiger partial charge is 0.319 e. The van der Waals surface area contributed by atoms with Crippen LogP contribution in [0.15, 0.2) is 0 Å². The number of urea groups is 1. The molecule has 0 aromatic heterocycles. The molecule has 3 amide bonds. The van der Waals surface area contributed by atoms with E-state index in [0.717, 1.165) is 12.8 Å². The van der Waals surface area contributed by atoms with E-state index < -0.39 is 0 Å². The summed E-state index contributed by atoms with van der Waals surface area (Å²) in [5.41, 5.74) is 5.24. The van der Waals surface area contributed by atoms with Crippen molar-refractivity contribution < 1.29 is 14.3 Å². The number of nitrogens with one attached hydrogen (secondary N) is 1. The van der Waals surface area contributed by atoms with E-state index in [1.165, 1.54) is 0 Å². The lowest BCUT2D eigenvalue weighted by Gasteiger charge is -2.31. The third-order valence-electron chi connectivity index (χ3n) is 3.40. The number of primary amides is 1. The molecular weight excluding hydrogens is 222 g/mol. The lowest BCUT2D eigenvalue weighted by Crippen LogP contribution is -2.48. The molecule has 2 aliphatic rings. The zero-order valence-electron chi connectivity index (χ0n) is 9.85. The second-order valence-electron chi connectivity index (χ2n) is 4.61. The molecule has 0 aromatic carbocycles. The first-order valence-electron chi connectivity index (χ1n) is 6.13. The molecule has 3 N–H and O–H groups in total. The van der Waals surface area contributed by atoms with Crippen LogP contribution in [0.5, 0.6) is 0 Å². The Labute approximate surface area is 100 Å². The molecule has 0 spiro atoms. The van der Waals surface area contributed by atoms with E-state index in [-0.39, 0.29) is 24.1 Å². The van der Waals surface area contributed by atoms with Crippen molar-refractivity contribution in [3.8, 4) is 0 Å². The number of ether oxygens (including phenoxy) is 1. The van der Waals surface area contributed by atoms with Gasteiger partial charge in [0.25, 0.3) is 0 Å². The SMILES string of the molecule is NC(=O)C1CCN(C(=O)NC2CCCO2)CC1. The van der Waals surface area contributed by atoms with E-state index >= 15 is 0 Å². The van der Waals surface area contributed by atoms with Crippen LogP contribution in [-0.4, -0.2) is 42.8 Å². The van der Waals surface area contributed by atoms with Crippen molar-refractivity contribution in [1.82, 2.24) is 10.2 Å². The monoisotopic (exact) mass is 241 g/mol. The van der Waals surface area contributed by atoms with Crippen molar-refractivity contribution in [3.63, 3.8) is 0 Å². The lowest BCUT2D eigenvalue weighted by atomic mass is 9.96. The number of hydrogen-bond donors (Lipinski definition) is 2. The first-order chi connectivity index (χ1) is 8.16. The van der Waals surface area contributed by atoms with Gasteiger partial charge in [0.05, 0.1) is 0 Å². The Morgan fingerprint density at radius 1 is 1.24 bits per heavy atom. The van der Waals surface area contributed by atoms with Crippen LogP contribution in [0.1, 0.15) is 25.7 Å². The summed E-state index contributed by atoms with van der Waals surface area (Å²) < 4.78 is 5.34. The van der Waals surface area contributed by atoms with Crippen LogP contribution in [0.4, 0.5) is 4.79 Å². The average molecular weight is 241 g/mol. The van der Waals surface area contributed by atoms with E-state index in [2.05, 4.69) is 5.32 Å². The second-order valence-corrected chi connectivity index (χ2v) is 4.61. The Morgan fingerprint density at radius 2 is 1.94 bits per heavy atom. The van der Waals surface area contributed by atoms with Gasteiger partial charge < -0.3 is 20.7 Å². The highest BCUT2D eigenvalue weighted by Crippen LogP contribution is 2.17. The second kappa shape index (κ2) is 5.35. The molecule has 0 aromatic rings. The molecular formula is C11H19N3O3. The highest BCUT2D eigenvalue weighted by atomic mass is 16.5. The van der Waals surface area contributed by atoms with E-state index in [9.17, 15) is 9.59 Å². The van der Waals surface area contributed by atoms with E-state index in [1.807, 2.05) is 0 Å². The molecule has 2 heterocycles. The third-order valence-corrected chi connectivity index (χ3v) is 3.40. The fraction of sp³-hybridized carbons (Fsp3) is 0.818. The number of likely N-dealkylation sites (tertiary alicyclic amines) is 1. The minimum atomic E-state index is -0.260. The number of nitrogens with zero attached hydrogens (tertiary/aromatic N) is 1. The van der Waals surface area contributed by atoms with Crippen molar-refractivity contribution in [2.75, 3.05) is 19.7 Å². The zero-order valence-corrected chi connectivity index (χ0v) is 9.85. The minimum absolute atomic E-state index is 0.0817. The number of hydrogen-bond acceptors (Lipinski definition) is 3. The molecule has 2 rings (SSSR count). The fourth-order valence-corrected chi connectivity index (χ4v) is 2.29. The van der Waals surface area contributed by atoms with Crippen LogP contribution < -0.4 is 11.1 Å². The van der Waals surface area contributed by atoms with Crippen molar-refractivity contribution >= 4 is 11.9 Å². The summed E-state index contributed by atoms with van der Waals surface area (Å²) in [6.07, 6.45) is 3.05. The van der Waals surface area contributed by atoms with E-state index in [0.29, 0.717) is 32.5 Å². The van der Waals surface area contributed by atoms with E-state index in [1.54, 1.807) is 4.90 Å². The summed E-state index contributed by atoms with van der Waals surface area (Å²) in [6.45, 7) is 1.90. The molecule has 0 saturated carbocycles.